The number of para-hydroxylation sites is 2. The van der Waals surface area contributed by atoms with Crippen LogP contribution in [0.2, 0.25) is 0 Å². The van der Waals surface area contributed by atoms with Crippen molar-refractivity contribution in [1.82, 2.24) is 14.8 Å². The number of nitrogens with zero attached hydrogens (tertiary/aromatic N) is 4. The number of amides is 2. The average Bonchev–Trinajstić information content (AvgIpc) is 3.64. The van der Waals surface area contributed by atoms with E-state index in [1.807, 2.05) is 17.0 Å². The zero-order valence-corrected chi connectivity index (χ0v) is 30.9. The average molecular weight is 811 g/mol. The molecule has 3 aromatic rings. The summed E-state index contributed by atoms with van der Waals surface area (Å²) in [5, 5.41) is 10.1. The fourth-order valence-corrected chi connectivity index (χ4v) is 7.98. The minimum absolute atomic E-state index is 0.0130. The molecule has 0 unspecified atom stereocenters. The minimum Gasteiger partial charge on any atom is -0.491 e. The molecule has 18 heteroatoms. The monoisotopic (exact) mass is 810 g/mol. The molecule has 0 aliphatic carbocycles. The maximum Gasteiger partial charge on any atom is 0.425 e. The molecular weight excluding hydrogens is 770 g/mol. The van der Waals surface area contributed by atoms with E-state index in [2.05, 4.69) is 4.98 Å². The van der Waals surface area contributed by atoms with E-state index < -0.39 is 63.7 Å². The molecule has 2 amide bonds. The molecule has 0 saturated carbocycles. The predicted molar refractivity (Wildman–Crippen MR) is 192 cm³/mol. The van der Waals surface area contributed by atoms with Crippen molar-refractivity contribution in [2.24, 2.45) is 0 Å². The third-order valence-electron chi connectivity index (χ3n) is 9.92. The van der Waals surface area contributed by atoms with Gasteiger partial charge in [0, 0.05) is 63.2 Å². The van der Waals surface area contributed by atoms with Crippen LogP contribution in [0.3, 0.4) is 0 Å². The van der Waals surface area contributed by atoms with Gasteiger partial charge in [-0.05, 0) is 50.3 Å². The number of carboxylic acids is 1. The number of carbonyl (C=O) groups excluding carboxylic acids is 2. The summed E-state index contributed by atoms with van der Waals surface area (Å²) in [4.78, 5) is 48.1. The van der Waals surface area contributed by atoms with E-state index in [9.17, 15) is 35.9 Å². The highest BCUT2D eigenvalue weighted by Crippen LogP contribution is 2.44. The van der Waals surface area contributed by atoms with Crippen LogP contribution in [0, 0.1) is 0 Å². The Morgan fingerprint density at radius 1 is 1.00 bits per heavy atom. The van der Waals surface area contributed by atoms with Gasteiger partial charge in [-0.3, -0.25) is 14.4 Å². The number of carbonyl (C=O) groups is 3. The summed E-state index contributed by atoms with van der Waals surface area (Å²) in [6.07, 6.45) is -4.20. The summed E-state index contributed by atoms with van der Waals surface area (Å²) >= 11 is 0.376. The first-order valence-corrected chi connectivity index (χ1v) is 19.0. The molecule has 1 N–H and O–H groups in total. The molecule has 3 aliphatic heterocycles. The number of carboxylic acid groups (broad SMARTS) is 1. The molecule has 6 rings (SSSR count). The summed E-state index contributed by atoms with van der Waals surface area (Å²) in [7, 11) is 0. The Labute approximate surface area is 322 Å². The second-order valence-corrected chi connectivity index (χ2v) is 14.5. The Kier molecular flexibility index (Phi) is 12.4. The van der Waals surface area contributed by atoms with Gasteiger partial charge in [0.25, 0.3) is 11.8 Å². The first kappa shape index (κ1) is 40.7. The largest absolute Gasteiger partial charge is 0.491 e. The van der Waals surface area contributed by atoms with Crippen LogP contribution < -0.4 is 19.1 Å². The number of benzene rings is 1. The van der Waals surface area contributed by atoms with Crippen LogP contribution >= 0.6 is 11.3 Å². The molecule has 11 nitrogen and oxygen atoms in total. The second-order valence-electron chi connectivity index (χ2n) is 13.6. The molecule has 0 bridgehead atoms. The molecule has 56 heavy (non-hydrogen) atoms. The van der Waals surface area contributed by atoms with Crippen LogP contribution in [-0.2, 0) is 21.9 Å². The zero-order chi connectivity index (χ0) is 40.1. The molecule has 2 aromatic heterocycles. The van der Waals surface area contributed by atoms with Crippen molar-refractivity contribution in [2.75, 3.05) is 50.8 Å². The Morgan fingerprint density at radius 2 is 1.77 bits per heavy atom. The number of pyridine rings is 1. The van der Waals surface area contributed by atoms with E-state index in [0.29, 0.717) is 61.2 Å². The molecule has 302 valence electrons. The Morgan fingerprint density at radius 3 is 2.48 bits per heavy atom. The number of hydrogen-bond acceptors (Lipinski definition) is 9. The number of fused-ring (bicyclic) bond motifs is 2. The van der Waals surface area contributed by atoms with Crippen LogP contribution in [-0.4, -0.2) is 95.3 Å². The Hall–Kier alpha value is -5.00. The molecule has 2 fully saturated rings. The minimum atomic E-state index is -4.97. The first-order chi connectivity index (χ1) is 26.7. The standard InChI is InChI=1S/C38H40F6N4O7S/c39-37(40,41)26-13-15-45-33-32(26)34(51)48-16-8-14-36(29(48)11-3-1-2-6-21-54-33,55-25-23-30(56-24-25)38(42,43)44)35(52)47-19-17-46(18-20-47)27-9-4-5-10-28(27)53-22-7-12-31(49)50/h1,3-5,9-10,13,15,23-24,29H,2,6-8,11-12,14,16-22H2,(H,49,50)/b3-1-/t29-,36+/m1/s1. The van der Waals surface area contributed by atoms with Gasteiger partial charge in [0.05, 0.1) is 30.5 Å². The number of allylic oxidation sites excluding steroid dienone is 1. The Balaban J connectivity index is 1.35. The third-order valence-corrected chi connectivity index (χ3v) is 10.9. The lowest BCUT2D eigenvalue weighted by atomic mass is 9.80. The first-order valence-electron chi connectivity index (χ1n) is 18.2. The Bertz CT molecular complexity index is 1910. The number of rotatable bonds is 9. The summed E-state index contributed by atoms with van der Waals surface area (Å²) in [6, 6.07) is 7.39. The molecule has 1 aromatic carbocycles. The number of thiophene rings is 1. The SMILES string of the molecule is O=C(O)CCCOc1ccccc1N1CCN(C(=O)[C@]2(Oc3csc(C(F)(F)F)c3)CCCN3C(=O)c4c(C(F)(F)F)ccnc4OCCC/C=C\C[C@@H]32)CC1. The topological polar surface area (TPSA) is 122 Å². The molecule has 0 radical (unpaired) electrons. The number of halogens is 6. The molecular formula is C38H40F6N4O7S. The number of piperazine rings is 1. The van der Waals surface area contributed by atoms with Crippen LogP contribution in [0.15, 0.2) is 60.1 Å². The van der Waals surface area contributed by atoms with Crippen LogP contribution in [0.25, 0.3) is 0 Å². The number of aromatic nitrogens is 1. The van der Waals surface area contributed by atoms with Gasteiger partial charge < -0.3 is 34.0 Å². The number of anilines is 1. The number of aliphatic carboxylic acids is 1. The summed E-state index contributed by atoms with van der Waals surface area (Å²) in [5.41, 5.74) is -3.36. The molecule has 2 atom stereocenters. The zero-order valence-electron chi connectivity index (χ0n) is 30.1. The lowest BCUT2D eigenvalue weighted by Crippen LogP contribution is -2.69. The lowest BCUT2D eigenvalue weighted by Gasteiger charge is -2.50. The van der Waals surface area contributed by atoms with E-state index in [1.165, 1.54) is 4.90 Å². The van der Waals surface area contributed by atoms with Crippen LogP contribution in [0.4, 0.5) is 32.0 Å². The molecule has 2 saturated heterocycles. The van der Waals surface area contributed by atoms with Crippen molar-refractivity contribution >= 4 is 34.8 Å². The van der Waals surface area contributed by atoms with E-state index in [-0.39, 0.29) is 64.3 Å². The van der Waals surface area contributed by atoms with Crippen molar-refractivity contribution in [3.05, 3.63) is 76.1 Å². The van der Waals surface area contributed by atoms with Gasteiger partial charge in [-0.25, -0.2) is 4.98 Å². The lowest BCUT2D eigenvalue weighted by molar-refractivity contribution is -0.159. The van der Waals surface area contributed by atoms with E-state index in [1.54, 1.807) is 24.3 Å². The van der Waals surface area contributed by atoms with E-state index in [0.717, 1.165) is 22.5 Å². The fraction of sp³-hybridized carbons (Fsp3) is 0.474. The van der Waals surface area contributed by atoms with Crippen LogP contribution in [0.1, 0.15) is 65.7 Å². The summed E-state index contributed by atoms with van der Waals surface area (Å²) < 4.78 is 103. The smallest absolute Gasteiger partial charge is 0.425 e. The third kappa shape index (κ3) is 9.00. The van der Waals surface area contributed by atoms with E-state index >= 15 is 4.79 Å². The predicted octanol–water partition coefficient (Wildman–Crippen LogP) is 7.31. The highest BCUT2D eigenvalue weighted by Gasteiger charge is 2.56. The van der Waals surface area contributed by atoms with Crippen molar-refractivity contribution < 1.29 is 60.0 Å². The van der Waals surface area contributed by atoms with Gasteiger partial charge in [0.1, 0.15) is 21.9 Å². The number of ether oxygens (including phenoxy) is 3. The maximum atomic E-state index is 15.0. The highest BCUT2D eigenvalue weighted by molar-refractivity contribution is 7.10. The summed E-state index contributed by atoms with van der Waals surface area (Å²) in [5.74, 6) is -2.89. The normalized spacial score (nSPS) is 21.5. The van der Waals surface area contributed by atoms with Crippen molar-refractivity contribution in [2.45, 2.75) is 68.9 Å². The molecule has 0 spiro atoms. The number of hydrogen-bond donors (Lipinski definition) is 1. The van der Waals surface area contributed by atoms with E-state index in [4.69, 9.17) is 19.3 Å². The molecule has 3 aliphatic rings. The van der Waals surface area contributed by atoms with Gasteiger partial charge in [-0.1, -0.05) is 24.3 Å². The highest BCUT2D eigenvalue weighted by atomic mass is 32.1. The number of alkyl halides is 6. The fourth-order valence-electron chi connectivity index (χ4n) is 7.31. The quantitative estimate of drug-likeness (QED) is 0.135. The van der Waals surface area contributed by atoms with Crippen molar-refractivity contribution in [3.8, 4) is 17.4 Å². The van der Waals surface area contributed by atoms with Gasteiger partial charge in [-0.15, -0.1) is 11.3 Å². The van der Waals surface area contributed by atoms with Crippen LogP contribution in [0.5, 0.6) is 17.4 Å². The van der Waals surface area contributed by atoms with Gasteiger partial charge in [0.2, 0.25) is 11.5 Å². The van der Waals surface area contributed by atoms with Gasteiger partial charge in [-0.2, -0.15) is 26.3 Å². The number of piperidine rings is 1. The molecule has 5 heterocycles. The van der Waals surface area contributed by atoms with Gasteiger partial charge in [0.15, 0.2) is 0 Å². The van der Waals surface area contributed by atoms with Gasteiger partial charge >= 0.3 is 18.3 Å². The second kappa shape index (κ2) is 17.0. The summed E-state index contributed by atoms with van der Waals surface area (Å²) in [6.45, 7) is 0.937. The van der Waals surface area contributed by atoms with Crippen molar-refractivity contribution in [1.29, 1.82) is 0 Å². The van der Waals surface area contributed by atoms with Crippen molar-refractivity contribution in [3.63, 3.8) is 0 Å². The maximum absolute atomic E-state index is 15.0.